The predicted molar refractivity (Wildman–Crippen MR) is 85.1 cm³/mol. The number of ether oxygens (including phenoxy) is 1. The van der Waals surface area contributed by atoms with E-state index in [0.717, 1.165) is 5.56 Å². The van der Waals surface area contributed by atoms with E-state index in [1.807, 2.05) is 52.0 Å². The Bertz CT molecular complexity index is 491. The van der Waals surface area contributed by atoms with Gasteiger partial charge in [0.05, 0.1) is 5.88 Å². The maximum Gasteiger partial charge on any atom is 0.414 e. The summed E-state index contributed by atoms with van der Waals surface area (Å²) in [5, 5.41) is 0. The van der Waals surface area contributed by atoms with Crippen LogP contribution in [0.3, 0.4) is 0 Å². The molecule has 0 bridgehead atoms. The summed E-state index contributed by atoms with van der Waals surface area (Å²) in [5.41, 5.74) is 1.22. The summed E-state index contributed by atoms with van der Waals surface area (Å²) in [7, 11) is 0. The fourth-order valence-electron chi connectivity index (χ4n) is 1.67. The van der Waals surface area contributed by atoms with Crippen LogP contribution in [-0.4, -0.2) is 29.9 Å². The van der Waals surface area contributed by atoms with E-state index in [1.54, 1.807) is 0 Å². The van der Waals surface area contributed by atoms with Gasteiger partial charge in [0.15, 0.2) is 0 Å². The summed E-state index contributed by atoms with van der Waals surface area (Å²) < 4.78 is 5.39. The molecule has 0 aliphatic carbocycles. The zero-order valence-corrected chi connectivity index (χ0v) is 13.7. The summed E-state index contributed by atoms with van der Waals surface area (Å²) >= 11 is 5.50. The van der Waals surface area contributed by atoms with Gasteiger partial charge in [0.25, 0.3) is 0 Å². The van der Waals surface area contributed by atoms with Crippen molar-refractivity contribution in [3.63, 3.8) is 0 Å². The fraction of sp³-hybridized carbons (Fsp3) is 0.500. The van der Waals surface area contributed by atoms with Gasteiger partial charge in [-0.25, -0.2) is 4.79 Å². The maximum atomic E-state index is 12.3. The van der Waals surface area contributed by atoms with Gasteiger partial charge < -0.3 is 4.74 Å². The van der Waals surface area contributed by atoms with Gasteiger partial charge in [-0.15, -0.1) is 11.6 Å². The lowest BCUT2D eigenvalue weighted by Crippen LogP contribution is -2.38. The molecule has 0 aromatic heterocycles. The third-order valence-corrected chi connectivity index (χ3v) is 3.02. The topological polar surface area (TPSA) is 46.6 Å². The Balaban J connectivity index is 2.91. The summed E-state index contributed by atoms with van der Waals surface area (Å²) in [4.78, 5) is 25.2. The summed E-state index contributed by atoms with van der Waals surface area (Å²) in [6, 6.07) is 7.50. The van der Waals surface area contributed by atoms with E-state index in [1.165, 1.54) is 4.90 Å². The van der Waals surface area contributed by atoms with Crippen LogP contribution in [0.25, 0.3) is 0 Å². The molecular weight excluding hydrogens is 290 g/mol. The average Bonchev–Trinajstić information content (AvgIpc) is 2.38. The number of hydrogen-bond donors (Lipinski definition) is 0. The zero-order valence-electron chi connectivity index (χ0n) is 13.0. The smallest absolute Gasteiger partial charge is 0.414 e. The van der Waals surface area contributed by atoms with Gasteiger partial charge in [-0.05, 0) is 39.8 Å². The minimum Gasteiger partial charge on any atom is -0.443 e. The van der Waals surface area contributed by atoms with Crippen LogP contribution in [0.15, 0.2) is 24.3 Å². The third-order valence-electron chi connectivity index (χ3n) is 2.72. The Kier molecular flexibility index (Phi) is 6.21. The molecule has 0 heterocycles. The third kappa shape index (κ3) is 6.17. The molecule has 0 unspecified atom stereocenters. The molecule has 4 nitrogen and oxygen atoms in total. The average molecular weight is 312 g/mol. The quantitative estimate of drug-likeness (QED) is 0.774. The van der Waals surface area contributed by atoms with E-state index < -0.39 is 11.7 Å². The largest absolute Gasteiger partial charge is 0.443 e. The molecule has 5 heteroatoms. The number of benzene rings is 1. The van der Waals surface area contributed by atoms with Crippen LogP contribution < -0.4 is 4.90 Å². The summed E-state index contributed by atoms with van der Waals surface area (Å²) in [6.45, 7) is 7.65. The van der Waals surface area contributed by atoms with Crippen molar-refractivity contribution in [3.8, 4) is 0 Å². The minimum absolute atomic E-state index is 0.0456. The van der Waals surface area contributed by atoms with E-state index in [2.05, 4.69) is 0 Å². The van der Waals surface area contributed by atoms with Crippen LogP contribution in [0.2, 0.25) is 0 Å². The highest BCUT2D eigenvalue weighted by atomic mass is 35.5. The predicted octanol–water partition coefficient (Wildman–Crippen LogP) is 3.93. The van der Waals surface area contributed by atoms with E-state index in [4.69, 9.17) is 16.3 Å². The molecule has 0 N–H and O–H groups in total. The maximum absolute atomic E-state index is 12.3. The highest BCUT2D eigenvalue weighted by molar-refractivity contribution is 6.27. The number of amides is 1. The number of hydrogen-bond acceptors (Lipinski definition) is 3. The Hall–Kier alpha value is -1.55. The molecule has 1 aromatic carbocycles. The number of Topliss-reactive ketones (excluding diaryl/α,β-unsaturated/α-hetero) is 1. The van der Waals surface area contributed by atoms with Crippen LogP contribution in [0.1, 0.15) is 32.8 Å². The molecule has 0 atom stereocenters. The van der Waals surface area contributed by atoms with Crippen molar-refractivity contribution in [1.29, 1.82) is 0 Å². The Morgan fingerprint density at radius 2 is 1.76 bits per heavy atom. The molecule has 0 saturated heterocycles. The normalized spacial score (nSPS) is 11.1. The molecule has 0 fully saturated rings. The molecule has 1 rings (SSSR count). The number of anilines is 1. The first-order valence-corrected chi connectivity index (χ1v) is 7.41. The second-order valence-electron chi connectivity index (χ2n) is 5.89. The fourth-order valence-corrected chi connectivity index (χ4v) is 1.80. The van der Waals surface area contributed by atoms with Crippen molar-refractivity contribution in [2.24, 2.45) is 0 Å². The van der Waals surface area contributed by atoms with Crippen molar-refractivity contribution < 1.29 is 14.3 Å². The number of rotatable bonds is 5. The van der Waals surface area contributed by atoms with E-state index >= 15 is 0 Å². The van der Waals surface area contributed by atoms with Gasteiger partial charge in [0.1, 0.15) is 11.4 Å². The molecule has 1 amide bonds. The monoisotopic (exact) mass is 311 g/mol. The molecule has 21 heavy (non-hydrogen) atoms. The molecule has 0 saturated carbocycles. The number of nitrogens with zero attached hydrogens (tertiary/aromatic N) is 1. The van der Waals surface area contributed by atoms with Crippen LogP contribution in [-0.2, 0) is 9.53 Å². The highest BCUT2D eigenvalue weighted by Gasteiger charge is 2.23. The Labute approximate surface area is 131 Å². The number of ketones is 1. The van der Waals surface area contributed by atoms with E-state index in [-0.39, 0.29) is 24.6 Å². The van der Waals surface area contributed by atoms with Crippen molar-refractivity contribution in [1.82, 2.24) is 0 Å². The van der Waals surface area contributed by atoms with Gasteiger partial charge in [0.2, 0.25) is 0 Å². The van der Waals surface area contributed by atoms with Crippen LogP contribution in [0.4, 0.5) is 10.5 Å². The van der Waals surface area contributed by atoms with Crippen molar-refractivity contribution in [3.05, 3.63) is 29.8 Å². The number of halogens is 1. The van der Waals surface area contributed by atoms with Crippen molar-refractivity contribution in [2.45, 2.75) is 39.7 Å². The van der Waals surface area contributed by atoms with Crippen LogP contribution in [0.5, 0.6) is 0 Å². The molecule has 0 aliphatic heterocycles. The first-order chi connectivity index (χ1) is 9.73. The first-order valence-electron chi connectivity index (χ1n) is 6.88. The highest BCUT2D eigenvalue weighted by Crippen LogP contribution is 2.19. The second kappa shape index (κ2) is 7.46. The number of carbonyl (C=O) groups is 2. The standard InChI is InChI=1S/C16H22ClNO3/c1-12-5-7-13(8-6-12)18(10-9-14(19)11-17)15(20)21-16(2,3)4/h5-8H,9-11H2,1-4H3. The SMILES string of the molecule is Cc1ccc(N(CCC(=O)CCl)C(=O)OC(C)(C)C)cc1. The number of alkyl halides is 1. The second-order valence-corrected chi connectivity index (χ2v) is 6.16. The van der Waals surface area contributed by atoms with Gasteiger partial charge >= 0.3 is 6.09 Å². The zero-order chi connectivity index (χ0) is 16.0. The van der Waals surface area contributed by atoms with Gasteiger partial charge in [-0.1, -0.05) is 17.7 Å². The Morgan fingerprint density at radius 3 is 2.24 bits per heavy atom. The molecular formula is C16H22ClNO3. The lowest BCUT2D eigenvalue weighted by Gasteiger charge is -2.27. The number of aryl methyl sites for hydroxylation is 1. The lowest BCUT2D eigenvalue weighted by molar-refractivity contribution is -0.116. The van der Waals surface area contributed by atoms with Crippen molar-refractivity contribution >= 4 is 29.2 Å². The lowest BCUT2D eigenvalue weighted by atomic mass is 10.2. The first kappa shape index (κ1) is 17.5. The molecule has 0 radical (unpaired) electrons. The molecule has 0 spiro atoms. The van der Waals surface area contributed by atoms with Crippen LogP contribution in [0, 0.1) is 6.92 Å². The molecule has 116 valence electrons. The van der Waals surface area contributed by atoms with E-state index in [9.17, 15) is 9.59 Å². The Morgan fingerprint density at radius 1 is 1.19 bits per heavy atom. The summed E-state index contributed by atoms with van der Waals surface area (Å²) in [5.74, 6) is -0.145. The van der Waals surface area contributed by atoms with Gasteiger partial charge in [-0.2, -0.15) is 0 Å². The molecule has 1 aromatic rings. The van der Waals surface area contributed by atoms with Gasteiger partial charge in [0, 0.05) is 18.7 Å². The summed E-state index contributed by atoms with van der Waals surface area (Å²) in [6.07, 6.45) is -0.259. The van der Waals surface area contributed by atoms with Crippen LogP contribution >= 0.6 is 11.6 Å². The molecule has 0 aliphatic rings. The van der Waals surface area contributed by atoms with Gasteiger partial charge in [-0.3, -0.25) is 9.69 Å². The minimum atomic E-state index is -0.587. The van der Waals surface area contributed by atoms with Crippen molar-refractivity contribution in [2.75, 3.05) is 17.3 Å². The number of carbonyl (C=O) groups excluding carboxylic acids is 2. The van der Waals surface area contributed by atoms with E-state index in [0.29, 0.717) is 5.69 Å².